The van der Waals surface area contributed by atoms with Crippen molar-refractivity contribution in [3.63, 3.8) is 0 Å². The average Bonchev–Trinajstić information content (AvgIpc) is 2.88. The first-order valence-corrected chi connectivity index (χ1v) is 7.71. The number of para-hydroxylation sites is 1. The van der Waals surface area contributed by atoms with E-state index in [4.69, 9.17) is 9.47 Å². The normalized spacial score (nSPS) is 19.1. The molecule has 1 aliphatic heterocycles. The van der Waals surface area contributed by atoms with Crippen molar-refractivity contribution in [3.05, 3.63) is 28.2 Å². The van der Waals surface area contributed by atoms with Gasteiger partial charge >= 0.3 is 0 Å². The third-order valence-corrected chi connectivity index (χ3v) is 3.81. The fourth-order valence-electron chi connectivity index (χ4n) is 2.12. The van der Waals surface area contributed by atoms with Crippen molar-refractivity contribution in [2.24, 2.45) is 0 Å². The van der Waals surface area contributed by atoms with E-state index in [1.807, 2.05) is 12.1 Å². The number of ether oxygens (including phenoxy) is 2. The van der Waals surface area contributed by atoms with Gasteiger partial charge in [-0.25, -0.2) is 0 Å². The molecule has 1 aromatic carbocycles. The molecule has 0 amide bonds. The first-order chi connectivity index (χ1) is 9.16. The van der Waals surface area contributed by atoms with Crippen LogP contribution in [0.2, 0.25) is 0 Å². The van der Waals surface area contributed by atoms with Crippen molar-refractivity contribution in [3.8, 4) is 5.75 Å². The summed E-state index contributed by atoms with van der Waals surface area (Å²) in [5, 5.41) is 3.43. The van der Waals surface area contributed by atoms with E-state index in [-0.39, 0.29) is 6.10 Å². The molecular weight excluding hydrogens is 306 g/mol. The summed E-state index contributed by atoms with van der Waals surface area (Å²) in [6, 6.07) is 6.62. The smallest absolute Gasteiger partial charge is 0.138 e. The minimum atomic E-state index is 0.248. The van der Waals surface area contributed by atoms with Crippen LogP contribution in [-0.4, -0.2) is 25.4 Å². The van der Waals surface area contributed by atoms with E-state index in [1.165, 1.54) is 5.56 Å². The Morgan fingerprint density at radius 1 is 1.47 bits per heavy atom. The standard InChI is InChI=1S/C15H22BrNO2/c1-11(2)17-9-12-5-3-7-14(16)15(12)19-10-13-6-4-8-18-13/h3,5,7,11,13,17H,4,6,8-10H2,1-2H3. The van der Waals surface area contributed by atoms with Crippen LogP contribution in [0.5, 0.6) is 5.75 Å². The average molecular weight is 328 g/mol. The summed E-state index contributed by atoms with van der Waals surface area (Å²) >= 11 is 3.57. The molecule has 19 heavy (non-hydrogen) atoms. The van der Waals surface area contributed by atoms with Gasteiger partial charge in [0.2, 0.25) is 0 Å². The molecule has 1 aromatic rings. The lowest BCUT2D eigenvalue weighted by atomic mass is 10.2. The molecule has 4 heteroatoms. The van der Waals surface area contributed by atoms with Crippen molar-refractivity contribution in [2.75, 3.05) is 13.2 Å². The predicted octanol–water partition coefficient (Wildman–Crippen LogP) is 3.50. The van der Waals surface area contributed by atoms with Crippen molar-refractivity contribution >= 4 is 15.9 Å². The molecule has 1 aliphatic rings. The Hall–Kier alpha value is -0.580. The third-order valence-electron chi connectivity index (χ3n) is 3.19. The number of nitrogens with one attached hydrogen (secondary N) is 1. The van der Waals surface area contributed by atoms with E-state index in [2.05, 4.69) is 41.2 Å². The van der Waals surface area contributed by atoms with Gasteiger partial charge in [0.25, 0.3) is 0 Å². The van der Waals surface area contributed by atoms with Crippen LogP contribution < -0.4 is 10.1 Å². The van der Waals surface area contributed by atoms with Crippen molar-refractivity contribution in [1.29, 1.82) is 0 Å². The molecular formula is C15H22BrNO2. The number of hydrogen-bond acceptors (Lipinski definition) is 3. The molecule has 2 rings (SSSR count). The predicted molar refractivity (Wildman–Crippen MR) is 80.6 cm³/mol. The van der Waals surface area contributed by atoms with Gasteiger partial charge in [0.05, 0.1) is 10.6 Å². The second kappa shape index (κ2) is 7.27. The first kappa shape index (κ1) is 14.8. The monoisotopic (exact) mass is 327 g/mol. The third kappa shape index (κ3) is 4.48. The Kier molecular flexibility index (Phi) is 5.67. The van der Waals surface area contributed by atoms with Crippen LogP contribution in [-0.2, 0) is 11.3 Å². The molecule has 3 nitrogen and oxygen atoms in total. The summed E-state index contributed by atoms with van der Waals surface area (Å²) in [7, 11) is 0. The molecule has 106 valence electrons. The number of hydrogen-bond donors (Lipinski definition) is 1. The minimum absolute atomic E-state index is 0.248. The molecule has 0 aliphatic carbocycles. The van der Waals surface area contributed by atoms with Gasteiger partial charge in [-0.2, -0.15) is 0 Å². The molecule has 0 aromatic heterocycles. The lowest BCUT2D eigenvalue weighted by Crippen LogP contribution is -2.23. The largest absolute Gasteiger partial charge is 0.489 e. The Morgan fingerprint density at radius 3 is 3.00 bits per heavy atom. The topological polar surface area (TPSA) is 30.5 Å². The van der Waals surface area contributed by atoms with Crippen LogP contribution in [0.15, 0.2) is 22.7 Å². The van der Waals surface area contributed by atoms with Gasteiger partial charge in [-0.15, -0.1) is 0 Å². The van der Waals surface area contributed by atoms with Crippen LogP contribution in [0, 0.1) is 0 Å². The highest BCUT2D eigenvalue weighted by molar-refractivity contribution is 9.10. The van der Waals surface area contributed by atoms with Gasteiger partial charge < -0.3 is 14.8 Å². The molecule has 1 heterocycles. The van der Waals surface area contributed by atoms with E-state index in [0.717, 1.165) is 36.2 Å². The Labute approximate surface area is 123 Å². The van der Waals surface area contributed by atoms with Crippen LogP contribution in [0.3, 0.4) is 0 Å². The summed E-state index contributed by atoms with van der Waals surface area (Å²) in [4.78, 5) is 0. The maximum atomic E-state index is 5.97. The molecule has 1 atom stereocenters. The quantitative estimate of drug-likeness (QED) is 0.867. The van der Waals surface area contributed by atoms with E-state index in [1.54, 1.807) is 0 Å². The molecule has 0 bridgehead atoms. The Bertz CT molecular complexity index is 403. The van der Waals surface area contributed by atoms with Crippen molar-refractivity contribution in [2.45, 2.75) is 45.4 Å². The van der Waals surface area contributed by atoms with Gasteiger partial charge in [0.15, 0.2) is 0 Å². The highest BCUT2D eigenvalue weighted by Crippen LogP contribution is 2.30. The highest BCUT2D eigenvalue weighted by Gasteiger charge is 2.17. The zero-order chi connectivity index (χ0) is 13.7. The molecule has 0 radical (unpaired) electrons. The van der Waals surface area contributed by atoms with Gasteiger partial charge in [0.1, 0.15) is 12.4 Å². The molecule has 1 N–H and O–H groups in total. The lowest BCUT2D eigenvalue weighted by molar-refractivity contribution is 0.0673. The van der Waals surface area contributed by atoms with Gasteiger partial charge in [0, 0.05) is 24.8 Å². The highest BCUT2D eigenvalue weighted by atomic mass is 79.9. The Morgan fingerprint density at radius 2 is 2.32 bits per heavy atom. The maximum absolute atomic E-state index is 5.97. The molecule has 1 fully saturated rings. The Balaban J connectivity index is 1.99. The zero-order valence-corrected chi connectivity index (χ0v) is 13.2. The van der Waals surface area contributed by atoms with E-state index < -0.39 is 0 Å². The summed E-state index contributed by atoms with van der Waals surface area (Å²) in [6.45, 7) is 6.61. The van der Waals surface area contributed by atoms with Crippen LogP contribution in [0.1, 0.15) is 32.3 Å². The molecule has 0 saturated carbocycles. The lowest BCUT2D eigenvalue weighted by Gasteiger charge is -2.17. The minimum Gasteiger partial charge on any atom is -0.489 e. The summed E-state index contributed by atoms with van der Waals surface area (Å²) in [5.74, 6) is 0.936. The second-order valence-electron chi connectivity index (χ2n) is 5.21. The van der Waals surface area contributed by atoms with Crippen molar-refractivity contribution in [1.82, 2.24) is 5.32 Å². The fraction of sp³-hybridized carbons (Fsp3) is 0.600. The molecule has 1 saturated heterocycles. The maximum Gasteiger partial charge on any atom is 0.138 e. The SMILES string of the molecule is CC(C)NCc1cccc(Br)c1OCC1CCCO1. The van der Waals surface area contributed by atoms with Crippen molar-refractivity contribution < 1.29 is 9.47 Å². The first-order valence-electron chi connectivity index (χ1n) is 6.92. The van der Waals surface area contributed by atoms with Gasteiger partial charge in [-0.3, -0.25) is 0 Å². The molecule has 1 unspecified atom stereocenters. The van der Waals surface area contributed by atoms with Crippen LogP contribution >= 0.6 is 15.9 Å². The summed E-state index contributed by atoms with van der Waals surface area (Å²) in [5.41, 5.74) is 1.18. The number of benzene rings is 1. The fourth-order valence-corrected chi connectivity index (χ4v) is 2.64. The number of halogens is 1. The molecule has 0 spiro atoms. The van der Waals surface area contributed by atoms with Crippen LogP contribution in [0.25, 0.3) is 0 Å². The van der Waals surface area contributed by atoms with Gasteiger partial charge in [-0.1, -0.05) is 26.0 Å². The van der Waals surface area contributed by atoms with E-state index in [0.29, 0.717) is 12.6 Å². The second-order valence-corrected chi connectivity index (χ2v) is 6.06. The summed E-state index contributed by atoms with van der Waals surface area (Å²) < 4.78 is 12.6. The van der Waals surface area contributed by atoms with E-state index in [9.17, 15) is 0 Å². The zero-order valence-electron chi connectivity index (χ0n) is 11.6. The van der Waals surface area contributed by atoms with Gasteiger partial charge in [-0.05, 0) is 34.8 Å². The van der Waals surface area contributed by atoms with Crippen LogP contribution in [0.4, 0.5) is 0 Å². The number of rotatable bonds is 6. The van der Waals surface area contributed by atoms with E-state index >= 15 is 0 Å². The summed E-state index contributed by atoms with van der Waals surface area (Å²) in [6.07, 6.45) is 2.49.